The van der Waals surface area contributed by atoms with Crippen LogP contribution < -0.4 is 10.1 Å². The van der Waals surface area contributed by atoms with Crippen molar-refractivity contribution in [2.24, 2.45) is 0 Å². The molecule has 0 bridgehead atoms. The Balaban J connectivity index is 2.04. The van der Waals surface area contributed by atoms with Crippen molar-refractivity contribution in [3.8, 4) is 17.1 Å². The Bertz CT molecular complexity index is 581. The maximum atomic E-state index is 6.04. The second-order valence-corrected chi connectivity index (χ2v) is 5.61. The molecule has 114 valence electrons. The van der Waals surface area contributed by atoms with Crippen LogP contribution in [0.25, 0.3) is 11.3 Å². The zero-order chi connectivity index (χ0) is 15.2. The van der Waals surface area contributed by atoms with Crippen molar-refractivity contribution >= 4 is 11.6 Å². The third-order valence-electron chi connectivity index (χ3n) is 3.10. The molecule has 0 atom stereocenters. The predicted octanol–water partition coefficient (Wildman–Crippen LogP) is 3.93. The van der Waals surface area contributed by atoms with Gasteiger partial charge in [-0.2, -0.15) is 0 Å². The van der Waals surface area contributed by atoms with Gasteiger partial charge in [0.15, 0.2) is 11.7 Å². The van der Waals surface area contributed by atoms with Crippen LogP contribution in [0.4, 0.5) is 0 Å². The van der Waals surface area contributed by atoms with E-state index in [2.05, 4.69) is 24.1 Å². The van der Waals surface area contributed by atoms with Crippen LogP contribution in [0.3, 0.4) is 0 Å². The summed E-state index contributed by atoms with van der Waals surface area (Å²) in [4.78, 5) is 4.32. The molecule has 5 heteroatoms. The van der Waals surface area contributed by atoms with Gasteiger partial charge in [0.2, 0.25) is 0 Å². The summed E-state index contributed by atoms with van der Waals surface area (Å²) in [6, 6.07) is 5.94. The monoisotopic (exact) mass is 308 g/mol. The standard InChI is InChI=1S/C16H21ClN2O2/c1-11(2)18-8-4-5-16-19-10-15(21-16)13-9-12(17)6-7-14(13)20-3/h6-7,9-11,18H,4-5,8H2,1-3H3. The Kier molecular flexibility index (Phi) is 5.65. The molecule has 0 radical (unpaired) electrons. The molecule has 1 heterocycles. The number of benzene rings is 1. The van der Waals surface area contributed by atoms with E-state index in [1.54, 1.807) is 19.4 Å². The molecule has 1 aromatic carbocycles. The topological polar surface area (TPSA) is 47.3 Å². The molecule has 0 aliphatic rings. The minimum absolute atomic E-state index is 0.501. The van der Waals surface area contributed by atoms with E-state index in [-0.39, 0.29) is 0 Å². The van der Waals surface area contributed by atoms with Gasteiger partial charge in [-0.05, 0) is 31.2 Å². The smallest absolute Gasteiger partial charge is 0.194 e. The van der Waals surface area contributed by atoms with E-state index < -0.39 is 0 Å². The number of methoxy groups -OCH3 is 1. The van der Waals surface area contributed by atoms with E-state index in [4.69, 9.17) is 20.8 Å². The highest BCUT2D eigenvalue weighted by molar-refractivity contribution is 6.30. The van der Waals surface area contributed by atoms with Crippen LogP contribution in [0.2, 0.25) is 5.02 Å². The normalized spacial score (nSPS) is 11.1. The molecule has 0 aliphatic carbocycles. The van der Waals surface area contributed by atoms with Gasteiger partial charge in [-0.3, -0.25) is 0 Å². The van der Waals surface area contributed by atoms with Gasteiger partial charge < -0.3 is 14.5 Å². The molecule has 2 rings (SSSR count). The van der Waals surface area contributed by atoms with Gasteiger partial charge in [-0.1, -0.05) is 25.4 Å². The number of halogens is 1. The largest absolute Gasteiger partial charge is 0.496 e. The quantitative estimate of drug-likeness (QED) is 0.787. The van der Waals surface area contributed by atoms with Crippen molar-refractivity contribution in [1.29, 1.82) is 0 Å². The Labute approximate surface area is 130 Å². The number of aryl methyl sites for hydroxylation is 1. The fourth-order valence-electron chi connectivity index (χ4n) is 2.05. The zero-order valence-electron chi connectivity index (χ0n) is 12.6. The van der Waals surface area contributed by atoms with Gasteiger partial charge in [-0.15, -0.1) is 0 Å². The molecular formula is C16H21ClN2O2. The molecule has 4 nitrogen and oxygen atoms in total. The van der Waals surface area contributed by atoms with Gasteiger partial charge in [0, 0.05) is 17.5 Å². The average Bonchev–Trinajstić information content (AvgIpc) is 2.92. The SMILES string of the molecule is COc1ccc(Cl)cc1-c1cnc(CCCNC(C)C)o1. The Hall–Kier alpha value is -1.52. The van der Waals surface area contributed by atoms with E-state index >= 15 is 0 Å². The number of nitrogens with zero attached hydrogens (tertiary/aromatic N) is 1. The molecule has 0 spiro atoms. The summed E-state index contributed by atoms with van der Waals surface area (Å²) in [5.74, 6) is 2.14. The minimum atomic E-state index is 0.501. The molecule has 1 aromatic heterocycles. The lowest BCUT2D eigenvalue weighted by Crippen LogP contribution is -2.23. The van der Waals surface area contributed by atoms with Crippen molar-refractivity contribution in [1.82, 2.24) is 10.3 Å². The fourth-order valence-corrected chi connectivity index (χ4v) is 2.23. The number of oxazole rings is 1. The van der Waals surface area contributed by atoms with Crippen LogP contribution in [0, 0.1) is 0 Å². The van der Waals surface area contributed by atoms with Gasteiger partial charge >= 0.3 is 0 Å². The molecule has 0 unspecified atom stereocenters. The van der Waals surface area contributed by atoms with Crippen LogP contribution in [-0.4, -0.2) is 24.7 Å². The number of hydrogen-bond acceptors (Lipinski definition) is 4. The van der Waals surface area contributed by atoms with Gasteiger partial charge in [-0.25, -0.2) is 4.98 Å². The van der Waals surface area contributed by atoms with Crippen molar-refractivity contribution < 1.29 is 9.15 Å². The van der Waals surface area contributed by atoms with Crippen molar-refractivity contribution in [3.05, 3.63) is 35.3 Å². The number of rotatable bonds is 7. The number of aromatic nitrogens is 1. The highest BCUT2D eigenvalue weighted by Gasteiger charge is 2.12. The summed E-state index contributed by atoms with van der Waals surface area (Å²) >= 11 is 6.04. The summed E-state index contributed by atoms with van der Waals surface area (Å²) in [6.07, 6.45) is 3.52. The first-order valence-corrected chi connectivity index (χ1v) is 7.50. The Morgan fingerprint density at radius 3 is 2.90 bits per heavy atom. The van der Waals surface area contributed by atoms with Crippen LogP contribution in [-0.2, 0) is 6.42 Å². The van der Waals surface area contributed by atoms with Crippen molar-refractivity contribution in [2.45, 2.75) is 32.7 Å². The fraction of sp³-hybridized carbons (Fsp3) is 0.438. The second kappa shape index (κ2) is 7.48. The first kappa shape index (κ1) is 15.9. The van der Waals surface area contributed by atoms with Crippen LogP contribution in [0.1, 0.15) is 26.2 Å². The lowest BCUT2D eigenvalue weighted by molar-refractivity contribution is 0.413. The zero-order valence-corrected chi connectivity index (χ0v) is 13.4. The number of hydrogen-bond donors (Lipinski definition) is 1. The van der Waals surface area contributed by atoms with Gasteiger partial charge in [0.1, 0.15) is 5.75 Å². The molecular weight excluding hydrogens is 288 g/mol. The Morgan fingerprint density at radius 2 is 2.19 bits per heavy atom. The lowest BCUT2D eigenvalue weighted by atomic mass is 10.1. The Morgan fingerprint density at radius 1 is 1.38 bits per heavy atom. The number of ether oxygens (including phenoxy) is 1. The molecule has 21 heavy (non-hydrogen) atoms. The van der Waals surface area contributed by atoms with Crippen molar-refractivity contribution in [2.75, 3.05) is 13.7 Å². The summed E-state index contributed by atoms with van der Waals surface area (Å²) < 4.78 is 11.1. The predicted molar refractivity (Wildman–Crippen MR) is 85.0 cm³/mol. The van der Waals surface area contributed by atoms with Crippen LogP contribution >= 0.6 is 11.6 Å². The van der Waals surface area contributed by atoms with E-state index in [1.807, 2.05) is 12.1 Å². The van der Waals surface area contributed by atoms with Crippen LogP contribution in [0.5, 0.6) is 5.75 Å². The maximum Gasteiger partial charge on any atom is 0.194 e. The first-order chi connectivity index (χ1) is 10.1. The summed E-state index contributed by atoms with van der Waals surface area (Å²) in [5, 5.41) is 4.02. The molecule has 0 amide bonds. The van der Waals surface area contributed by atoms with Crippen LogP contribution in [0.15, 0.2) is 28.8 Å². The highest BCUT2D eigenvalue weighted by atomic mass is 35.5. The second-order valence-electron chi connectivity index (χ2n) is 5.18. The molecule has 1 N–H and O–H groups in total. The highest BCUT2D eigenvalue weighted by Crippen LogP contribution is 2.32. The van der Waals surface area contributed by atoms with E-state index in [0.717, 1.165) is 36.6 Å². The van der Waals surface area contributed by atoms with E-state index in [9.17, 15) is 0 Å². The lowest BCUT2D eigenvalue weighted by Gasteiger charge is -2.06. The molecule has 0 aliphatic heterocycles. The van der Waals surface area contributed by atoms with E-state index in [0.29, 0.717) is 16.8 Å². The van der Waals surface area contributed by atoms with Crippen molar-refractivity contribution in [3.63, 3.8) is 0 Å². The molecule has 0 saturated carbocycles. The molecule has 2 aromatic rings. The maximum absolute atomic E-state index is 6.04. The summed E-state index contributed by atoms with van der Waals surface area (Å²) in [5.41, 5.74) is 0.823. The number of nitrogens with one attached hydrogen (secondary N) is 1. The van der Waals surface area contributed by atoms with Gasteiger partial charge in [0.05, 0.1) is 18.9 Å². The summed E-state index contributed by atoms with van der Waals surface area (Å²) in [7, 11) is 1.63. The molecule has 0 saturated heterocycles. The van der Waals surface area contributed by atoms with E-state index in [1.165, 1.54) is 0 Å². The minimum Gasteiger partial charge on any atom is -0.496 e. The van der Waals surface area contributed by atoms with Gasteiger partial charge in [0.25, 0.3) is 0 Å². The average molecular weight is 309 g/mol. The third-order valence-corrected chi connectivity index (χ3v) is 3.34. The third kappa shape index (κ3) is 4.48. The molecule has 0 fully saturated rings. The first-order valence-electron chi connectivity index (χ1n) is 7.12. The summed E-state index contributed by atoms with van der Waals surface area (Å²) in [6.45, 7) is 5.22.